The summed E-state index contributed by atoms with van der Waals surface area (Å²) in [5.41, 5.74) is 18.0. The highest BCUT2D eigenvalue weighted by Gasteiger charge is 2.39. The molecule has 1 aromatic heterocycles. The van der Waals surface area contributed by atoms with Crippen LogP contribution in [0.2, 0.25) is 0 Å². The number of para-hydroxylation sites is 1. The van der Waals surface area contributed by atoms with E-state index in [0.717, 1.165) is 61.6 Å². The van der Waals surface area contributed by atoms with E-state index in [9.17, 15) is 0 Å². The predicted octanol–water partition coefficient (Wildman–Crippen LogP) is 18.5. The van der Waals surface area contributed by atoms with Crippen LogP contribution in [0, 0.1) is 0 Å². The minimum atomic E-state index is -0.268. The fourth-order valence-electron chi connectivity index (χ4n) is 10.9. The largest absolute Gasteiger partial charge is 0.456 e. The summed E-state index contributed by atoms with van der Waals surface area (Å²) >= 11 is 0. The van der Waals surface area contributed by atoms with Crippen LogP contribution in [0.4, 0.5) is 34.1 Å². The molecule has 0 saturated heterocycles. The van der Waals surface area contributed by atoms with Crippen LogP contribution in [0.1, 0.15) is 25.0 Å². The molecule has 3 heteroatoms. The van der Waals surface area contributed by atoms with Crippen molar-refractivity contribution in [1.82, 2.24) is 0 Å². The maximum atomic E-state index is 6.43. The molecule has 0 atom stereocenters. The molecule has 3 nitrogen and oxygen atoms in total. The zero-order valence-electron chi connectivity index (χ0n) is 37.9. The van der Waals surface area contributed by atoms with E-state index in [1.165, 1.54) is 60.5 Å². The van der Waals surface area contributed by atoms with E-state index in [1.807, 2.05) is 6.07 Å². The third-order valence-corrected chi connectivity index (χ3v) is 14.2. The van der Waals surface area contributed by atoms with Crippen molar-refractivity contribution in [2.24, 2.45) is 0 Å². The summed E-state index contributed by atoms with van der Waals surface area (Å²) in [6.45, 7) is 4.77. The lowest BCUT2D eigenvalue weighted by atomic mass is 9.81. The van der Waals surface area contributed by atoms with Gasteiger partial charge in [-0.2, -0.15) is 0 Å². The molecule has 0 unspecified atom stereocenters. The van der Waals surface area contributed by atoms with Gasteiger partial charge in [-0.25, -0.2) is 0 Å². The monoisotopic (exact) mass is 870 g/mol. The molecule has 1 aliphatic carbocycles. The van der Waals surface area contributed by atoms with Crippen LogP contribution in [0.25, 0.3) is 76.9 Å². The lowest BCUT2D eigenvalue weighted by molar-refractivity contribution is 0.661. The normalized spacial score (nSPS) is 12.7. The Balaban J connectivity index is 1.09. The lowest BCUT2D eigenvalue weighted by Crippen LogP contribution is -2.17. The molecule has 0 N–H and O–H groups in total. The number of furan rings is 1. The highest BCUT2D eigenvalue weighted by atomic mass is 16.3. The van der Waals surface area contributed by atoms with E-state index in [-0.39, 0.29) is 5.41 Å². The second-order valence-corrected chi connectivity index (χ2v) is 18.5. The Labute approximate surface area is 396 Å². The average molecular weight is 871 g/mol. The van der Waals surface area contributed by atoms with Gasteiger partial charge in [-0.3, -0.25) is 0 Å². The molecule has 0 bridgehead atoms. The van der Waals surface area contributed by atoms with Crippen molar-refractivity contribution < 1.29 is 4.42 Å². The average Bonchev–Trinajstić information content (AvgIpc) is 3.88. The molecule has 0 amide bonds. The molecule has 322 valence electrons. The third kappa shape index (κ3) is 6.42. The standard InChI is InChI=1S/C65H46N2O/c1-65(2)58-28-13-11-27-56(58)63-59(65)41-48-40-51(66(60-29-16-22-46-21-9-10-25-53(46)60)49-33-31-45(32-34-49)43-17-5-3-6-18-43)35-37-54(48)64(63)67(50-24-15-23-47(39-50)44-19-7-4-8-20-44)52-36-38-62-57(42-52)55-26-12-14-30-61(55)68-62/h3-42H,1-2H3. The molecule has 12 aromatic rings. The van der Waals surface area contributed by atoms with Gasteiger partial charge in [0.1, 0.15) is 11.2 Å². The minimum Gasteiger partial charge on any atom is -0.456 e. The number of anilines is 6. The lowest BCUT2D eigenvalue weighted by Gasteiger charge is -2.32. The van der Waals surface area contributed by atoms with Gasteiger partial charge in [0, 0.05) is 55.3 Å². The van der Waals surface area contributed by atoms with Crippen molar-refractivity contribution in [1.29, 1.82) is 0 Å². The molecule has 11 aromatic carbocycles. The van der Waals surface area contributed by atoms with E-state index in [2.05, 4.69) is 260 Å². The van der Waals surface area contributed by atoms with Gasteiger partial charge in [0.2, 0.25) is 0 Å². The number of fused-ring (bicyclic) bond motifs is 8. The Hall–Kier alpha value is -8.66. The summed E-state index contributed by atoms with van der Waals surface area (Å²) in [5.74, 6) is 0. The van der Waals surface area contributed by atoms with Gasteiger partial charge in [0.05, 0.1) is 11.4 Å². The fraction of sp³-hybridized carbons (Fsp3) is 0.0462. The van der Waals surface area contributed by atoms with Gasteiger partial charge >= 0.3 is 0 Å². The first-order valence-electron chi connectivity index (χ1n) is 23.5. The van der Waals surface area contributed by atoms with Crippen LogP contribution in [0.15, 0.2) is 247 Å². The highest BCUT2D eigenvalue weighted by Crippen LogP contribution is 2.57. The zero-order chi connectivity index (χ0) is 45.3. The Morgan fingerprint density at radius 2 is 0.926 bits per heavy atom. The van der Waals surface area contributed by atoms with Gasteiger partial charge in [0.15, 0.2) is 0 Å². The molecule has 13 rings (SSSR count). The highest BCUT2D eigenvalue weighted by molar-refractivity contribution is 6.13. The van der Waals surface area contributed by atoms with Crippen LogP contribution >= 0.6 is 0 Å². The van der Waals surface area contributed by atoms with Gasteiger partial charge < -0.3 is 14.2 Å². The number of nitrogens with zero attached hydrogens (tertiary/aromatic N) is 2. The van der Waals surface area contributed by atoms with Crippen molar-refractivity contribution >= 4 is 77.6 Å². The summed E-state index contributed by atoms with van der Waals surface area (Å²) in [6.07, 6.45) is 0. The van der Waals surface area contributed by atoms with E-state index in [4.69, 9.17) is 4.42 Å². The second-order valence-electron chi connectivity index (χ2n) is 18.5. The van der Waals surface area contributed by atoms with Crippen molar-refractivity contribution in [2.45, 2.75) is 19.3 Å². The molecule has 1 aliphatic rings. The number of hydrogen-bond donors (Lipinski definition) is 0. The van der Waals surface area contributed by atoms with Crippen LogP contribution in [-0.2, 0) is 5.41 Å². The van der Waals surface area contributed by atoms with Crippen molar-refractivity contribution in [3.8, 4) is 33.4 Å². The first-order chi connectivity index (χ1) is 33.5. The second kappa shape index (κ2) is 15.8. The molecule has 0 spiro atoms. The van der Waals surface area contributed by atoms with Crippen LogP contribution in [-0.4, -0.2) is 0 Å². The molecular formula is C65H46N2O. The Kier molecular flexibility index (Phi) is 9.19. The third-order valence-electron chi connectivity index (χ3n) is 14.2. The topological polar surface area (TPSA) is 19.6 Å². The first-order valence-corrected chi connectivity index (χ1v) is 23.5. The van der Waals surface area contributed by atoms with Crippen molar-refractivity contribution in [3.05, 3.63) is 254 Å². The van der Waals surface area contributed by atoms with Gasteiger partial charge in [-0.05, 0) is 123 Å². The number of benzene rings is 11. The number of hydrogen-bond acceptors (Lipinski definition) is 3. The molecule has 1 heterocycles. The molecule has 0 aliphatic heterocycles. The van der Waals surface area contributed by atoms with Crippen LogP contribution in [0.5, 0.6) is 0 Å². The predicted molar refractivity (Wildman–Crippen MR) is 287 cm³/mol. The Morgan fingerprint density at radius 3 is 1.75 bits per heavy atom. The smallest absolute Gasteiger partial charge is 0.135 e. The molecule has 0 saturated carbocycles. The number of rotatable bonds is 8. The van der Waals surface area contributed by atoms with Gasteiger partial charge in [-0.15, -0.1) is 0 Å². The first kappa shape index (κ1) is 39.7. The Morgan fingerprint density at radius 1 is 0.338 bits per heavy atom. The maximum absolute atomic E-state index is 6.43. The van der Waals surface area contributed by atoms with Crippen molar-refractivity contribution in [2.75, 3.05) is 9.80 Å². The molecule has 0 radical (unpaired) electrons. The summed E-state index contributed by atoms with van der Waals surface area (Å²) < 4.78 is 6.43. The molecule has 68 heavy (non-hydrogen) atoms. The van der Waals surface area contributed by atoms with E-state index >= 15 is 0 Å². The molecule has 0 fully saturated rings. The van der Waals surface area contributed by atoms with E-state index < -0.39 is 0 Å². The zero-order valence-corrected chi connectivity index (χ0v) is 37.9. The quantitative estimate of drug-likeness (QED) is 0.152. The molecular weight excluding hydrogens is 825 g/mol. The summed E-state index contributed by atoms with van der Waals surface area (Å²) in [6, 6.07) is 88.4. The summed E-state index contributed by atoms with van der Waals surface area (Å²) in [7, 11) is 0. The van der Waals surface area contributed by atoms with Gasteiger partial charge in [-0.1, -0.05) is 184 Å². The van der Waals surface area contributed by atoms with Gasteiger partial charge in [0.25, 0.3) is 0 Å². The maximum Gasteiger partial charge on any atom is 0.135 e. The van der Waals surface area contributed by atoms with E-state index in [1.54, 1.807) is 0 Å². The fourth-order valence-corrected chi connectivity index (χ4v) is 10.9. The summed E-state index contributed by atoms with van der Waals surface area (Å²) in [5, 5.41) is 6.92. The van der Waals surface area contributed by atoms with E-state index in [0.29, 0.717) is 0 Å². The summed E-state index contributed by atoms with van der Waals surface area (Å²) in [4.78, 5) is 4.94. The minimum absolute atomic E-state index is 0.268. The van der Waals surface area contributed by atoms with Crippen LogP contribution < -0.4 is 9.80 Å². The van der Waals surface area contributed by atoms with Crippen molar-refractivity contribution in [3.63, 3.8) is 0 Å². The SMILES string of the molecule is CC1(C)c2ccccc2-c2c1cc1cc(N(c3ccc(-c4ccccc4)cc3)c3cccc4ccccc34)ccc1c2N(c1cccc(-c2ccccc2)c1)c1ccc2oc3ccccc3c2c1. The van der Waals surface area contributed by atoms with Crippen LogP contribution in [0.3, 0.4) is 0 Å². The Bertz CT molecular complexity index is 3880.